The number of pyridine rings is 1. The molecule has 3 aromatic rings. The van der Waals surface area contributed by atoms with Crippen LogP contribution in [0, 0.1) is 0 Å². The van der Waals surface area contributed by atoms with Gasteiger partial charge in [-0.2, -0.15) is 0 Å². The molecule has 0 atom stereocenters. The minimum Gasteiger partial charge on any atom is -0.350 e. The Labute approximate surface area is 169 Å². The number of nitrogens with one attached hydrogen (secondary N) is 2. The number of aromatic nitrogens is 2. The molecular formula is C18H14Cl2N4O2S. The smallest absolute Gasteiger partial charge is 0.270 e. The molecule has 2 N–H and O–H groups in total. The standard InChI is InChI=1S/C18H14Cl2N4O2S/c19-12-1-2-13(14(20)9-12)16(25)24-18-23-15(10-27-18)17(26)22-8-5-11-3-6-21-7-4-11/h1-4,6-7,9-10H,5,8H2,(H,22,26)(H,23,24,25). The second-order valence-electron chi connectivity index (χ2n) is 5.48. The number of carbonyl (C=O) groups is 2. The van der Waals surface area contributed by atoms with E-state index < -0.39 is 5.91 Å². The fraction of sp³-hybridized carbons (Fsp3) is 0.111. The maximum atomic E-state index is 12.3. The fourth-order valence-electron chi connectivity index (χ4n) is 2.23. The largest absolute Gasteiger partial charge is 0.350 e. The monoisotopic (exact) mass is 420 g/mol. The molecule has 6 nitrogen and oxygen atoms in total. The quantitative estimate of drug-likeness (QED) is 0.629. The van der Waals surface area contributed by atoms with Crippen molar-refractivity contribution in [3.63, 3.8) is 0 Å². The molecule has 0 saturated carbocycles. The Balaban J connectivity index is 1.55. The minimum absolute atomic E-state index is 0.241. The number of amides is 2. The van der Waals surface area contributed by atoms with Gasteiger partial charge in [-0.1, -0.05) is 23.2 Å². The zero-order valence-electron chi connectivity index (χ0n) is 13.9. The number of nitrogens with zero attached hydrogens (tertiary/aromatic N) is 2. The van der Waals surface area contributed by atoms with Crippen LogP contribution in [0.1, 0.15) is 26.4 Å². The Kier molecular flexibility index (Phi) is 6.39. The van der Waals surface area contributed by atoms with E-state index >= 15 is 0 Å². The second kappa shape index (κ2) is 8.94. The lowest BCUT2D eigenvalue weighted by Crippen LogP contribution is -2.26. The first-order valence-electron chi connectivity index (χ1n) is 7.92. The third kappa shape index (κ3) is 5.26. The molecule has 0 aliphatic carbocycles. The Morgan fingerprint density at radius 2 is 1.85 bits per heavy atom. The van der Waals surface area contributed by atoms with Crippen molar-refractivity contribution in [2.24, 2.45) is 0 Å². The Morgan fingerprint density at radius 1 is 1.07 bits per heavy atom. The van der Waals surface area contributed by atoms with E-state index in [1.807, 2.05) is 12.1 Å². The molecule has 1 aromatic carbocycles. The summed E-state index contributed by atoms with van der Waals surface area (Å²) in [5.74, 6) is -0.721. The van der Waals surface area contributed by atoms with E-state index in [1.54, 1.807) is 23.8 Å². The third-order valence-electron chi connectivity index (χ3n) is 3.58. The first-order chi connectivity index (χ1) is 13.0. The molecule has 9 heteroatoms. The van der Waals surface area contributed by atoms with Crippen molar-refractivity contribution < 1.29 is 9.59 Å². The molecule has 0 aliphatic heterocycles. The lowest BCUT2D eigenvalue weighted by atomic mass is 10.2. The van der Waals surface area contributed by atoms with Crippen LogP contribution in [0.2, 0.25) is 10.0 Å². The summed E-state index contributed by atoms with van der Waals surface area (Å²) in [7, 11) is 0. The maximum absolute atomic E-state index is 12.3. The van der Waals surface area contributed by atoms with Crippen LogP contribution in [-0.2, 0) is 6.42 Å². The van der Waals surface area contributed by atoms with Gasteiger partial charge in [0.15, 0.2) is 5.13 Å². The van der Waals surface area contributed by atoms with Crippen molar-refractivity contribution in [3.05, 3.63) is 75.0 Å². The molecule has 3 rings (SSSR count). The van der Waals surface area contributed by atoms with Gasteiger partial charge in [-0.3, -0.25) is 19.9 Å². The van der Waals surface area contributed by atoms with E-state index in [4.69, 9.17) is 23.2 Å². The van der Waals surface area contributed by atoms with Crippen LogP contribution < -0.4 is 10.6 Å². The average molecular weight is 421 g/mol. The molecule has 27 heavy (non-hydrogen) atoms. The minimum atomic E-state index is -0.421. The summed E-state index contributed by atoms with van der Waals surface area (Å²) in [5, 5.41) is 8.00. The van der Waals surface area contributed by atoms with Crippen LogP contribution in [0.3, 0.4) is 0 Å². The van der Waals surface area contributed by atoms with Crippen molar-refractivity contribution in [2.45, 2.75) is 6.42 Å². The van der Waals surface area contributed by atoms with Crippen LogP contribution in [0.5, 0.6) is 0 Å². The summed E-state index contributed by atoms with van der Waals surface area (Å²) in [4.78, 5) is 32.5. The zero-order chi connectivity index (χ0) is 19.2. The lowest BCUT2D eigenvalue weighted by molar-refractivity contribution is 0.0948. The number of halogens is 2. The van der Waals surface area contributed by atoms with Crippen molar-refractivity contribution >= 4 is 51.5 Å². The molecule has 2 amide bonds. The van der Waals surface area contributed by atoms with Crippen LogP contribution in [-0.4, -0.2) is 28.3 Å². The van der Waals surface area contributed by atoms with E-state index in [2.05, 4.69) is 20.6 Å². The second-order valence-corrected chi connectivity index (χ2v) is 7.18. The first-order valence-corrected chi connectivity index (χ1v) is 9.55. The topological polar surface area (TPSA) is 84.0 Å². The molecule has 0 aliphatic rings. The number of hydrogen-bond acceptors (Lipinski definition) is 5. The van der Waals surface area contributed by atoms with Crippen LogP contribution >= 0.6 is 34.5 Å². The predicted molar refractivity (Wildman–Crippen MR) is 107 cm³/mol. The molecule has 0 saturated heterocycles. The summed E-state index contributed by atoms with van der Waals surface area (Å²) < 4.78 is 0. The van der Waals surface area contributed by atoms with Gasteiger partial charge in [-0.25, -0.2) is 4.98 Å². The van der Waals surface area contributed by atoms with Gasteiger partial charge in [0, 0.05) is 29.3 Å². The highest BCUT2D eigenvalue weighted by atomic mass is 35.5. The van der Waals surface area contributed by atoms with E-state index in [0.29, 0.717) is 23.1 Å². The Hall–Kier alpha value is -2.48. The number of rotatable bonds is 6. The molecule has 2 aromatic heterocycles. The SMILES string of the molecule is O=C(NCCc1ccncc1)c1csc(NC(=O)c2ccc(Cl)cc2Cl)n1. The van der Waals surface area contributed by atoms with E-state index in [-0.39, 0.29) is 22.2 Å². The van der Waals surface area contributed by atoms with Gasteiger partial charge in [-0.05, 0) is 42.3 Å². The van der Waals surface area contributed by atoms with Gasteiger partial charge in [0.2, 0.25) is 0 Å². The molecule has 0 fully saturated rings. The lowest BCUT2D eigenvalue weighted by Gasteiger charge is -2.04. The van der Waals surface area contributed by atoms with E-state index in [1.165, 1.54) is 12.1 Å². The van der Waals surface area contributed by atoms with Crippen molar-refractivity contribution in [3.8, 4) is 0 Å². The first kappa shape index (κ1) is 19.3. The van der Waals surface area contributed by atoms with Crippen LogP contribution in [0.4, 0.5) is 5.13 Å². The normalized spacial score (nSPS) is 10.4. The molecule has 0 spiro atoms. The fourth-order valence-corrected chi connectivity index (χ4v) is 3.41. The van der Waals surface area contributed by atoms with Crippen molar-refractivity contribution in [1.29, 1.82) is 0 Å². The van der Waals surface area contributed by atoms with Gasteiger partial charge in [-0.15, -0.1) is 11.3 Å². The zero-order valence-corrected chi connectivity index (χ0v) is 16.2. The molecule has 0 radical (unpaired) electrons. The summed E-state index contributed by atoms with van der Waals surface area (Å²) in [6, 6.07) is 8.38. The van der Waals surface area contributed by atoms with E-state index in [0.717, 1.165) is 16.9 Å². The molecule has 2 heterocycles. The summed E-state index contributed by atoms with van der Waals surface area (Å²) in [5.41, 5.74) is 1.60. The summed E-state index contributed by atoms with van der Waals surface area (Å²) in [6.45, 7) is 0.475. The van der Waals surface area contributed by atoms with Gasteiger partial charge >= 0.3 is 0 Å². The number of thiazole rings is 1. The maximum Gasteiger partial charge on any atom is 0.270 e. The highest BCUT2D eigenvalue weighted by Crippen LogP contribution is 2.23. The van der Waals surface area contributed by atoms with E-state index in [9.17, 15) is 9.59 Å². The van der Waals surface area contributed by atoms with Gasteiger partial charge < -0.3 is 5.32 Å². The Bertz CT molecular complexity index is 963. The Morgan fingerprint density at radius 3 is 2.59 bits per heavy atom. The predicted octanol–water partition coefficient (Wildman–Crippen LogP) is 4.07. The molecule has 0 bridgehead atoms. The molecule has 138 valence electrons. The van der Waals surface area contributed by atoms with Gasteiger partial charge in [0.1, 0.15) is 5.69 Å². The number of hydrogen-bond donors (Lipinski definition) is 2. The van der Waals surface area contributed by atoms with Crippen LogP contribution in [0.25, 0.3) is 0 Å². The molecular weight excluding hydrogens is 407 g/mol. The van der Waals surface area contributed by atoms with Crippen LogP contribution in [0.15, 0.2) is 48.1 Å². The summed E-state index contributed by atoms with van der Waals surface area (Å²) in [6.07, 6.45) is 4.11. The highest BCUT2D eigenvalue weighted by Gasteiger charge is 2.15. The third-order valence-corrected chi connectivity index (χ3v) is 4.89. The van der Waals surface area contributed by atoms with Gasteiger partial charge in [0.05, 0.1) is 10.6 Å². The summed E-state index contributed by atoms with van der Waals surface area (Å²) >= 11 is 13.0. The average Bonchev–Trinajstić information content (AvgIpc) is 3.11. The number of anilines is 1. The van der Waals surface area contributed by atoms with Crippen molar-refractivity contribution in [1.82, 2.24) is 15.3 Å². The van der Waals surface area contributed by atoms with Crippen molar-refractivity contribution in [2.75, 3.05) is 11.9 Å². The van der Waals surface area contributed by atoms with Gasteiger partial charge in [0.25, 0.3) is 11.8 Å². The highest BCUT2D eigenvalue weighted by molar-refractivity contribution is 7.14. The molecule has 0 unspecified atom stereocenters. The number of carbonyl (C=O) groups excluding carboxylic acids is 2. The number of benzene rings is 1.